The maximum Gasteiger partial charge on any atom is 0.129 e. The fourth-order valence-electron chi connectivity index (χ4n) is 2.45. The fraction of sp³-hybridized carbons (Fsp3) is 0.571. The van der Waals surface area contributed by atoms with Crippen molar-refractivity contribution in [1.29, 1.82) is 0 Å². The van der Waals surface area contributed by atoms with E-state index < -0.39 is 0 Å². The summed E-state index contributed by atoms with van der Waals surface area (Å²) >= 11 is 3.36. The van der Waals surface area contributed by atoms with Crippen molar-refractivity contribution < 1.29 is 9.84 Å². The average molecular weight is 314 g/mol. The molecular formula is C14H20BrNO2. The summed E-state index contributed by atoms with van der Waals surface area (Å²) in [7, 11) is 1.78. The number of halogens is 1. The number of hydrogen-bond donors (Lipinski definition) is 1. The summed E-state index contributed by atoms with van der Waals surface area (Å²) in [5.41, 5.74) is 1.24. The third-order valence-corrected chi connectivity index (χ3v) is 4.16. The van der Waals surface area contributed by atoms with E-state index in [9.17, 15) is 5.11 Å². The third-order valence-electron chi connectivity index (χ3n) is 3.53. The molecule has 1 saturated heterocycles. The smallest absolute Gasteiger partial charge is 0.129 e. The molecule has 1 aromatic carbocycles. The van der Waals surface area contributed by atoms with E-state index in [0.29, 0.717) is 5.75 Å². The van der Waals surface area contributed by atoms with Gasteiger partial charge in [-0.05, 0) is 65.5 Å². The summed E-state index contributed by atoms with van der Waals surface area (Å²) in [5.74, 6) is 1.02. The summed E-state index contributed by atoms with van der Waals surface area (Å²) in [4.78, 5) is 2.46. The molecule has 1 aliphatic rings. The molecule has 2 rings (SSSR count). The Balaban J connectivity index is 1.85. The molecule has 100 valence electrons. The number of hydrogen-bond acceptors (Lipinski definition) is 3. The Kier molecular flexibility index (Phi) is 5.03. The van der Waals surface area contributed by atoms with E-state index in [4.69, 9.17) is 4.74 Å². The van der Waals surface area contributed by atoms with Crippen LogP contribution in [0.4, 0.5) is 0 Å². The molecule has 0 atom stereocenters. The van der Waals surface area contributed by atoms with Gasteiger partial charge in [0.1, 0.15) is 5.75 Å². The first-order valence-electron chi connectivity index (χ1n) is 6.37. The van der Waals surface area contributed by atoms with E-state index in [1.54, 1.807) is 13.2 Å². The van der Waals surface area contributed by atoms with Crippen LogP contribution in [0.25, 0.3) is 0 Å². The van der Waals surface area contributed by atoms with Crippen molar-refractivity contribution in [2.24, 2.45) is 5.92 Å². The van der Waals surface area contributed by atoms with Crippen molar-refractivity contribution in [3.8, 4) is 5.75 Å². The van der Waals surface area contributed by atoms with Crippen molar-refractivity contribution in [2.45, 2.75) is 19.4 Å². The Bertz CT molecular complexity index is 389. The lowest BCUT2D eigenvalue weighted by Crippen LogP contribution is -2.34. The predicted molar refractivity (Wildman–Crippen MR) is 75.7 cm³/mol. The maximum absolute atomic E-state index is 9.47. The van der Waals surface area contributed by atoms with Gasteiger partial charge in [0.15, 0.2) is 0 Å². The minimum absolute atomic E-state index is 0.303. The number of rotatable bonds is 4. The van der Waals surface area contributed by atoms with Crippen molar-refractivity contribution >= 4 is 15.9 Å². The monoisotopic (exact) mass is 313 g/mol. The van der Waals surface area contributed by atoms with Gasteiger partial charge in [0.2, 0.25) is 0 Å². The number of likely N-dealkylation sites (tertiary alicyclic amines) is 1. The number of phenols is 1. The second-order valence-electron chi connectivity index (χ2n) is 4.96. The van der Waals surface area contributed by atoms with Crippen LogP contribution in [0.15, 0.2) is 22.7 Å². The summed E-state index contributed by atoms with van der Waals surface area (Å²) in [6, 6.07) is 5.73. The molecule has 4 heteroatoms. The SMILES string of the molecule is COCC1CCN(Cc2ccc(O)c(Br)c2)CC1. The number of methoxy groups -OCH3 is 1. The molecule has 0 spiro atoms. The fourth-order valence-corrected chi connectivity index (χ4v) is 2.88. The highest BCUT2D eigenvalue weighted by Crippen LogP contribution is 2.26. The lowest BCUT2D eigenvalue weighted by Gasteiger charge is -2.31. The van der Waals surface area contributed by atoms with Gasteiger partial charge in [-0.3, -0.25) is 4.90 Å². The first kappa shape index (κ1) is 13.8. The van der Waals surface area contributed by atoms with Crippen LogP contribution in [0.3, 0.4) is 0 Å². The van der Waals surface area contributed by atoms with Crippen LogP contribution in [0, 0.1) is 5.92 Å². The van der Waals surface area contributed by atoms with Crippen molar-refractivity contribution in [1.82, 2.24) is 4.90 Å². The predicted octanol–water partition coefficient (Wildman–Crippen LogP) is 3.01. The Labute approximate surface area is 117 Å². The summed E-state index contributed by atoms with van der Waals surface area (Å²) < 4.78 is 5.98. The zero-order chi connectivity index (χ0) is 13.0. The molecule has 1 fully saturated rings. The molecule has 0 amide bonds. The van der Waals surface area contributed by atoms with Gasteiger partial charge in [-0.2, -0.15) is 0 Å². The molecule has 0 radical (unpaired) electrons. The highest BCUT2D eigenvalue weighted by molar-refractivity contribution is 9.10. The van der Waals surface area contributed by atoms with Gasteiger partial charge in [-0.25, -0.2) is 0 Å². The van der Waals surface area contributed by atoms with Crippen LogP contribution in [0.1, 0.15) is 18.4 Å². The molecule has 1 aliphatic heterocycles. The van der Waals surface area contributed by atoms with E-state index in [1.807, 2.05) is 12.1 Å². The second-order valence-corrected chi connectivity index (χ2v) is 5.81. The number of benzene rings is 1. The van der Waals surface area contributed by atoms with Crippen molar-refractivity contribution in [3.05, 3.63) is 28.2 Å². The summed E-state index contributed by atoms with van der Waals surface area (Å²) in [5, 5.41) is 9.47. The molecule has 0 aromatic heterocycles. The minimum Gasteiger partial charge on any atom is -0.507 e. The van der Waals surface area contributed by atoms with E-state index in [-0.39, 0.29) is 0 Å². The Hall–Kier alpha value is -0.580. The lowest BCUT2D eigenvalue weighted by molar-refractivity contribution is 0.0968. The van der Waals surface area contributed by atoms with E-state index >= 15 is 0 Å². The molecule has 18 heavy (non-hydrogen) atoms. The topological polar surface area (TPSA) is 32.7 Å². The highest BCUT2D eigenvalue weighted by atomic mass is 79.9. The van der Waals surface area contributed by atoms with Gasteiger partial charge >= 0.3 is 0 Å². The third kappa shape index (κ3) is 3.70. The maximum atomic E-state index is 9.47. The summed E-state index contributed by atoms with van der Waals surface area (Å²) in [6.45, 7) is 4.11. The molecule has 3 nitrogen and oxygen atoms in total. The standard InChI is InChI=1S/C14H20BrNO2/c1-18-10-11-4-6-16(7-5-11)9-12-2-3-14(17)13(15)8-12/h2-3,8,11,17H,4-7,9-10H2,1H3. The zero-order valence-electron chi connectivity index (χ0n) is 10.7. The zero-order valence-corrected chi connectivity index (χ0v) is 12.3. The first-order valence-corrected chi connectivity index (χ1v) is 7.17. The molecule has 0 aliphatic carbocycles. The van der Waals surface area contributed by atoms with E-state index in [1.165, 1.54) is 18.4 Å². The van der Waals surface area contributed by atoms with Crippen LogP contribution in [0.2, 0.25) is 0 Å². The van der Waals surface area contributed by atoms with E-state index in [2.05, 4.69) is 20.8 Å². The van der Waals surface area contributed by atoms with Crippen molar-refractivity contribution in [2.75, 3.05) is 26.8 Å². The first-order chi connectivity index (χ1) is 8.69. The van der Waals surface area contributed by atoms with Crippen LogP contribution < -0.4 is 0 Å². The Morgan fingerprint density at radius 1 is 1.39 bits per heavy atom. The normalized spacial score (nSPS) is 18.1. The number of ether oxygens (including phenoxy) is 1. The quantitative estimate of drug-likeness (QED) is 0.927. The lowest BCUT2D eigenvalue weighted by atomic mass is 9.97. The van der Waals surface area contributed by atoms with Gasteiger partial charge in [-0.1, -0.05) is 6.07 Å². The molecule has 1 aromatic rings. The molecule has 0 unspecified atom stereocenters. The molecule has 1 N–H and O–H groups in total. The Morgan fingerprint density at radius 2 is 2.11 bits per heavy atom. The molecule has 0 bridgehead atoms. The largest absolute Gasteiger partial charge is 0.507 e. The number of phenolic OH excluding ortho intramolecular Hbond substituents is 1. The van der Waals surface area contributed by atoms with Crippen LogP contribution in [0.5, 0.6) is 5.75 Å². The van der Waals surface area contributed by atoms with Crippen molar-refractivity contribution in [3.63, 3.8) is 0 Å². The van der Waals surface area contributed by atoms with Gasteiger partial charge in [0.05, 0.1) is 4.47 Å². The Morgan fingerprint density at radius 3 is 2.72 bits per heavy atom. The molecule has 1 heterocycles. The van der Waals surface area contributed by atoms with Crippen LogP contribution in [-0.4, -0.2) is 36.8 Å². The highest BCUT2D eigenvalue weighted by Gasteiger charge is 2.19. The van der Waals surface area contributed by atoms with Crippen LogP contribution in [-0.2, 0) is 11.3 Å². The number of nitrogens with zero attached hydrogens (tertiary/aromatic N) is 1. The number of aromatic hydroxyl groups is 1. The second kappa shape index (κ2) is 6.55. The van der Waals surface area contributed by atoms with Gasteiger partial charge in [0.25, 0.3) is 0 Å². The van der Waals surface area contributed by atoms with Gasteiger partial charge in [-0.15, -0.1) is 0 Å². The number of piperidine rings is 1. The van der Waals surface area contributed by atoms with E-state index in [0.717, 1.165) is 36.6 Å². The molecular weight excluding hydrogens is 294 g/mol. The van der Waals surface area contributed by atoms with Crippen LogP contribution >= 0.6 is 15.9 Å². The van der Waals surface area contributed by atoms with Gasteiger partial charge < -0.3 is 9.84 Å². The van der Waals surface area contributed by atoms with Gasteiger partial charge in [0, 0.05) is 20.3 Å². The minimum atomic E-state index is 0.303. The average Bonchev–Trinajstić information content (AvgIpc) is 2.37. The summed E-state index contributed by atoms with van der Waals surface area (Å²) in [6.07, 6.45) is 2.43. The molecule has 0 saturated carbocycles.